The molecule has 35 heavy (non-hydrogen) atoms. The Kier molecular flexibility index (Phi) is 5.23. The van der Waals surface area contributed by atoms with Crippen molar-refractivity contribution in [1.29, 1.82) is 0 Å². The molecule has 0 saturated heterocycles. The molecule has 0 spiro atoms. The van der Waals surface area contributed by atoms with Crippen molar-refractivity contribution in [1.82, 2.24) is 29.4 Å². The van der Waals surface area contributed by atoms with E-state index in [1.54, 1.807) is 0 Å². The first-order valence-corrected chi connectivity index (χ1v) is 10.3. The Hall–Kier alpha value is -4.35. The molecule has 1 aromatic carbocycles. The van der Waals surface area contributed by atoms with E-state index < -0.39 is 29.4 Å². The van der Waals surface area contributed by atoms with Crippen LogP contribution in [0, 0.1) is 17.5 Å². The number of hydrogen-bond acceptors (Lipinski definition) is 5. The fraction of sp³-hybridized carbons (Fsp3) is 0.130. The highest BCUT2D eigenvalue weighted by Gasteiger charge is 2.38. The molecular formula is C23H16F5N7. The van der Waals surface area contributed by atoms with Crippen LogP contribution < -0.4 is 5.73 Å². The molecule has 7 nitrogen and oxygen atoms in total. The lowest BCUT2D eigenvalue weighted by molar-refractivity contribution is -0.0217. The molecular weight excluding hydrogens is 469 g/mol. The van der Waals surface area contributed by atoms with Crippen LogP contribution in [0.25, 0.3) is 28.2 Å². The van der Waals surface area contributed by atoms with Gasteiger partial charge in [-0.25, -0.2) is 31.5 Å². The Morgan fingerprint density at radius 3 is 2.29 bits per heavy atom. The fourth-order valence-corrected chi connectivity index (χ4v) is 3.84. The van der Waals surface area contributed by atoms with Crippen molar-refractivity contribution in [3.8, 4) is 22.5 Å². The van der Waals surface area contributed by atoms with Gasteiger partial charge in [0.25, 0.3) is 5.92 Å². The average molecular weight is 485 g/mol. The van der Waals surface area contributed by atoms with E-state index >= 15 is 0 Å². The minimum Gasteiger partial charge on any atom is -0.366 e. The zero-order valence-corrected chi connectivity index (χ0v) is 18.0. The van der Waals surface area contributed by atoms with Crippen LogP contribution in [0.3, 0.4) is 0 Å². The average Bonchev–Trinajstić information content (AvgIpc) is 3.40. The number of nitrogens with two attached hydrogens (primary N) is 1. The second kappa shape index (κ2) is 8.15. The number of benzene rings is 1. The smallest absolute Gasteiger partial charge is 0.271 e. The van der Waals surface area contributed by atoms with Gasteiger partial charge in [0.2, 0.25) is 5.95 Å². The molecule has 0 fully saturated rings. The number of hydrogen-bond donors (Lipinski definition) is 1. The number of pyridine rings is 2. The number of nitrogen functional groups attached to an aromatic ring is 1. The number of nitrogens with zero attached hydrogens (tertiary/aromatic N) is 6. The van der Waals surface area contributed by atoms with Gasteiger partial charge >= 0.3 is 0 Å². The van der Waals surface area contributed by atoms with Crippen molar-refractivity contribution >= 4 is 11.6 Å². The maximum absolute atomic E-state index is 14.7. The summed E-state index contributed by atoms with van der Waals surface area (Å²) in [6.07, 6.45) is 3.82. The quantitative estimate of drug-likeness (QED) is 0.358. The van der Waals surface area contributed by atoms with Gasteiger partial charge in [0.05, 0.1) is 6.20 Å². The first-order valence-electron chi connectivity index (χ1n) is 10.3. The largest absolute Gasteiger partial charge is 0.366 e. The maximum Gasteiger partial charge on any atom is 0.271 e. The van der Waals surface area contributed by atoms with Gasteiger partial charge < -0.3 is 5.73 Å². The normalized spacial score (nSPS) is 12.9. The number of anilines is 1. The molecule has 0 radical (unpaired) electrons. The number of halogens is 5. The molecule has 2 N–H and O–H groups in total. The van der Waals surface area contributed by atoms with E-state index in [2.05, 4.69) is 20.2 Å². The molecule has 12 heteroatoms. The minimum atomic E-state index is -3.30. The van der Waals surface area contributed by atoms with Crippen LogP contribution in [0.5, 0.6) is 0 Å². The second-order valence-corrected chi connectivity index (χ2v) is 7.96. The Bertz CT molecular complexity index is 1540. The standard InChI is InChI=1S/C23H16F5N7/c1-23(27,28)21(12-2-4-15(24)5-3-12)35-11-14(10-30-35)20-17(26)9-16(25)19(32-20)13-6-7-34-18(8-13)31-22(29)33-34/h2-11,21H,1H3,(H2,29,33)/t21-/m1/s1. The highest BCUT2D eigenvalue weighted by atomic mass is 19.3. The summed E-state index contributed by atoms with van der Waals surface area (Å²) < 4.78 is 74.0. The molecule has 5 aromatic rings. The van der Waals surface area contributed by atoms with E-state index in [0.29, 0.717) is 18.6 Å². The summed E-state index contributed by atoms with van der Waals surface area (Å²) in [5.74, 6) is -5.78. The summed E-state index contributed by atoms with van der Waals surface area (Å²) in [7, 11) is 0. The van der Waals surface area contributed by atoms with Gasteiger partial charge in [-0.2, -0.15) is 10.1 Å². The van der Waals surface area contributed by atoms with Crippen molar-refractivity contribution < 1.29 is 22.0 Å². The Balaban J connectivity index is 1.58. The molecule has 5 rings (SSSR count). The van der Waals surface area contributed by atoms with Crippen molar-refractivity contribution in [2.45, 2.75) is 18.9 Å². The Morgan fingerprint density at radius 1 is 0.914 bits per heavy atom. The fourth-order valence-electron chi connectivity index (χ4n) is 3.84. The summed E-state index contributed by atoms with van der Waals surface area (Å²) >= 11 is 0. The van der Waals surface area contributed by atoms with Gasteiger partial charge in [-0.05, 0) is 29.8 Å². The van der Waals surface area contributed by atoms with E-state index in [1.165, 1.54) is 41.2 Å². The third-order valence-electron chi connectivity index (χ3n) is 5.36. The molecule has 178 valence electrons. The minimum absolute atomic E-state index is 0.0197. The van der Waals surface area contributed by atoms with Gasteiger partial charge in [-0.15, -0.1) is 5.10 Å². The van der Waals surface area contributed by atoms with Crippen LogP contribution in [-0.4, -0.2) is 35.3 Å². The molecule has 0 unspecified atom stereocenters. The van der Waals surface area contributed by atoms with E-state index in [9.17, 15) is 22.0 Å². The van der Waals surface area contributed by atoms with Crippen LogP contribution in [0.4, 0.5) is 27.9 Å². The molecule has 0 aliphatic carbocycles. The van der Waals surface area contributed by atoms with Crippen LogP contribution in [-0.2, 0) is 0 Å². The van der Waals surface area contributed by atoms with Crippen LogP contribution in [0.1, 0.15) is 18.5 Å². The maximum atomic E-state index is 14.7. The third kappa shape index (κ3) is 4.18. The van der Waals surface area contributed by atoms with Crippen LogP contribution in [0.2, 0.25) is 0 Å². The van der Waals surface area contributed by atoms with E-state index in [1.807, 2.05) is 0 Å². The first kappa shape index (κ1) is 22.4. The predicted molar refractivity (Wildman–Crippen MR) is 117 cm³/mol. The summed E-state index contributed by atoms with van der Waals surface area (Å²) in [6.45, 7) is 0.699. The number of fused-ring (bicyclic) bond motifs is 1. The highest BCUT2D eigenvalue weighted by Crippen LogP contribution is 2.36. The molecule has 0 amide bonds. The van der Waals surface area contributed by atoms with Gasteiger partial charge in [-0.1, -0.05) is 12.1 Å². The molecule has 4 aromatic heterocycles. The molecule has 0 aliphatic rings. The number of alkyl halides is 2. The zero-order valence-electron chi connectivity index (χ0n) is 18.0. The molecule has 0 aliphatic heterocycles. The van der Waals surface area contributed by atoms with E-state index in [-0.39, 0.29) is 34.0 Å². The van der Waals surface area contributed by atoms with Crippen molar-refractivity contribution in [2.75, 3.05) is 5.73 Å². The van der Waals surface area contributed by atoms with Crippen molar-refractivity contribution in [3.63, 3.8) is 0 Å². The number of aromatic nitrogens is 6. The SMILES string of the molecule is CC(F)(F)[C@@H](c1ccc(F)cc1)n1cc(-c2nc(-c3ccn4nc(N)nc4c3)c(F)cc2F)cn1. The van der Waals surface area contributed by atoms with Crippen LogP contribution >= 0.6 is 0 Å². The molecule has 0 bridgehead atoms. The third-order valence-corrected chi connectivity index (χ3v) is 5.36. The van der Waals surface area contributed by atoms with E-state index in [4.69, 9.17) is 5.73 Å². The molecule has 1 atom stereocenters. The Labute approximate surface area is 194 Å². The lowest BCUT2D eigenvalue weighted by atomic mass is 10.0. The zero-order chi connectivity index (χ0) is 24.9. The summed E-state index contributed by atoms with van der Waals surface area (Å²) in [5, 5.41) is 7.91. The number of rotatable bonds is 5. The topological polar surface area (TPSA) is 86.9 Å². The van der Waals surface area contributed by atoms with Gasteiger partial charge in [0, 0.05) is 36.5 Å². The predicted octanol–water partition coefficient (Wildman–Crippen LogP) is 4.90. The van der Waals surface area contributed by atoms with Gasteiger partial charge in [0.15, 0.2) is 17.3 Å². The lowest BCUT2D eigenvalue weighted by Gasteiger charge is -2.24. The lowest BCUT2D eigenvalue weighted by Crippen LogP contribution is -2.29. The molecule has 4 heterocycles. The monoisotopic (exact) mass is 485 g/mol. The Morgan fingerprint density at radius 2 is 1.60 bits per heavy atom. The second-order valence-electron chi connectivity index (χ2n) is 7.96. The van der Waals surface area contributed by atoms with Crippen molar-refractivity contribution in [2.24, 2.45) is 0 Å². The highest BCUT2D eigenvalue weighted by molar-refractivity contribution is 5.69. The van der Waals surface area contributed by atoms with Crippen molar-refractivity contribution in [3.05, 3.63) is 84.1 Å². The first-order chi connectivity index (χ1) is 16.6. The summed E-state index contributed by atoms with van der Waals surface area (Å²) in [5.41, 5.74) is 5.85. The van der Waals surface area contributed by atoms with E-state index in [0.717, 1.165) is 23.0 Å². The summed E-state index contributed by atoms with van der Waals surface area (Å²) in [6, 6.07) is 6.60. The summed E-state index contributed by atoms with van der Waals surface area (Å²) in [4.78, 5) is 8.12. The van der Waals surface area contributed by atoms with Crippen LogP contribution in [0.15, 0.2) is 61.1 Å². The van der Waals surface area contributed by atoms with Gasteiger partial charge in [-0.3, -0.25) is 4.68 Å². The molecule has 0 saturated carbocycles. The van der Waals surface area contributed by atoms with Gasteiger partial charge in [0.1, 0.15) is 23.2 Å².